The van der Waals surface area contributed by atoms with E-state index < -0.39 is 0 Å². The van der Waals surface area contributed by atoms with Crippen molar-refractivity contribution in [2.75, 3.05) is 7.11 Å². The molecule has 2 rings (SSSR count). The van der Waals surface area contributed by atoms with E-state index in [1.165, 1.54) is 6.42 Å². The third-order valence-corrected chi connectivity index (χ3v) is 3.24. The second kappa shape index (κ2) is 4.51. The predicted octanol–water partition coefficient (Wildman–Crippen LogP) is 1.07. The van der Waals surface area contributed by atoms with Crippen LogP contribution in [0, 0.1) is 0 Å². The first-order chi connectivity index (χ1) is 7.61. The van der Waals surface area contributed by atoms with Gasteiger partial charge < -0.3 is 15.0 Å². The summed E-state index contributed by atoms with van der Waals surface area (Å²) in [4.78, 5) is 4.33. The van der Waals surface area contributed by atoms with Gasteiger partial charge in [-0.3, -0.25) is 0 Å². The van der Waals surface area contributed by atoms with E-state index in [-0.39, 0.29) is 11.6 Å². The van der Waals surface area contributed by atoms with Gasteiger partial charge in [-0.15, -0.1) is 0 Å². The standard InChI is InChI=1S/C11H19N3O2/c1-8(15-2)6-9-13-10(16-14-9)7-11(12)4-3-5-11/h8H,3-7,12H2,1-2H3. The highest BCUT2D eigenvalue weighted by molar-refractivity contribution is 5.01. The van der Waals surface area contributed by atoms with E-state index in [2.05, 4.69) is 10.1 Å². The molecule has 1 saturated carbocycles. The van der Waals surface area contributed by atoms with Crippen molar-refractivity contribution in [3.8, 4) is 0 Å². The van der Waals surface area contributed by atoms with E-state index in [1.807, 2.05) is 6.92 Å². The molecular weight excluding hydrogens is 206 g/mol. The van der Waals surface area contributed by atoms with Crippen LogP contribution in [0.25, 0.3) is 0 Å². The summed E-state index contributed by atoms with van der Waals surface area (Å²) in [7, 11) is 1.68. The van der Waals surface area contributed by atoms with Gasteiger partial charge in [0, 0.05) is 25.5 Å². The van der Waals surface area contributed by atoms with Crippen molar-refractivity contribution in [3.05, 3.63) is 11.7 Å². The van der Waals surface area contributed by atoms with Crippen molar-refractivity contribution in [1.82, 2.24) is 10.1 Å². The molecule has 0 radical (unpaired) electrons. The first-order valence-electron chi connectivity index (χ1n) is 5.74. The minimum atomic E-state index is -0.101. The van der Waals surface area contributed by atoms with Crippen LogP contribution in [0.1, 0.15) is 37.9 Å². The van der Waals surface area contributed by atoms with Crippen LogP contribution in [-0.2, 0) is 17.6 Å². The van der Waals surface area contributed by atoms with Gasteiger partial charge in [-0.05, 0) is 26.2 Å². The molecule has 1 aromatic rings. The van der Waals surface area contributed by atoms with Crippen molar-refractivity contribution < 1.29 is 9.26 Å². The van der Waals surface area contributed by atoms with Gasteiger partial charge in [0.2, 0.25) is 5.89 Å². The highest BCUT2D eigenvalue weighted by Crippen LogP contribution is 2.31. The van der Waals surface area contributed by atoms with Crippen LogP contribution >= 0.6 is 0 Å². The van der Waals surface area contributed by atoms with Crippen molar-refractivity contribution in [1.29, 1.82) is 0 Å². The molecule has 0 bridgehead atoms. The molecule has 2 N–H and O–H groups in total. The van der Waals surface area contributed by atoms with Gasteiger partial charge >= 0.3 is 0 Å². The molecule has 5 heteroatoms. The van der Waals surface area contributed by atoms with Gasteiger partial charge in [-0.1, -0.05) is 5.16 Å². The van der Waals surface area contributed by atoms with Crippen LogP contribution in [0.2, 0.25) is 0 Å². The number of nitrogens with zero attached hydrogens (tertiary/aromatic N) is 2. The summed E-state index contributed by atoms with van der Waals surface area (Å²) in [5, 5.41) is 3.93. The maximum Gasteiger partial charge on any atom is 0.228 e. The van der Waals surface area contributed by atoms with E-state index in [9.17, 15) is 0 Å². The molecule has 0 aromatic carbocycles. The van der Waals surface area contributed by atoms with Gasteiger partial charge in [-0.25, -0.2) is 0 Å². The van der Waals surface area contributed by atoms with E-state index in [0.717, 1.165) is 12.8 Å². The average Bonchev–Trinajstić information content (AvgIpc) is 2.63. The van der Waals surface area contributed by atoms with Crippen molar-refractivity contribution in [2.45, 2.75) is 50.7 Å². The van der Waals surface area contributed by atoms with Crippen LogP contribution in [0.4, 0.5) is 0 Å². The van der Waals surface area contributed by atoms with Gasteiger partial charge in [0.25, 0.3) is 0 Å². The number of aromatic nitrogens is 2. The number of ether oxygens (including phenoxy) is 1. The molecule has 0 saturated heterocycles. The van der Waals surface area contributed by atoms with Crippen LogP contribution in [0.15, 0.2) is 4.52 Å². The molecule has 5 nitrogen and oxygen atoms in total. The van der Waals surface area contributed by atoms with Gasteiger partial charge in [0.1, 0.15) is 0 Å². The second-order valence-electron chi connectivity index (χ2n) is 4.75. The lowest BCUT2D eigenvalue weighted by atomic mass is 9.75. The van der Waals surface area contributed by atoms with Gasteiger partial charge in [0.05, 0.1) is 6.10 Å². The molecule has 16 heavy (non-hydrogen) atoms. The smallest absolute Gasteiger partial charge is 0.228 e. The fraction of sp³-hybridized carbons (Fsp3) is 0.818. The average molecular weight is 225 g/mol. The Bertz CT molecular complexity index is 347. The molecule has 90 valence electrons. The van der Waals surface area contributed by atoms with Crippen molar-refractivity contribution >= 4 is 0 Å². The van der Waals surface area contributed by atoms with Crippen molar-refractivity contribution in [3.63, 3.8) is 0 Å². The van der Waals surface area contributed by atoms with E-state index in [4.69, 9.17) is 15.0 Å². The number of hydrogen-bond donors (Lipinski definition) is 1. The number of hydrogen-bond acceptors (Lipinski definition) is 5. The fourth-order valence-electron chi connectivity index (χ4n) is 1.89. The molecule has 1 fully saturated rings. The monoisotopic (exact) mass is 225 g/mol. The summed E-state index contributed by atoms with van der Waals surface area (Å²) in [5.41, 5.74) is 6.02. The zero-order valence-electron chi connectivity index (χ0n) is 9.90. The number of rotatable bonds is 5. The first-order valence-corrected chi connectivity index (χ1v) is 5.74. The number of nitrogens with two attached hydrogens (primary N) is 1. The molecule has 1 heterocycles. The van der Waals surface area contributed by atoms with E-state index >= 15 is 0 Å². The van der Waals surface area contributed by atoms with Crippen LogP contribution in [-0.4, -0.2) is 28.9 Å². The van der Waals surface area contributed by atoms with Crippen molar-refractivity contribution in [2.24, 2.45) is 5.73 Å². The normalized spacial score (nSPS) is 20.4. The third-order valence-electron chi connectivity index (χ3n) is 3.24. The Hall–Kier alpha value is -0.940. The molecule has 1 aliphatic rings. The molecule has 0 aliphatic heterocycles. The molecule has 1 aliphatic carbocycles. The SMILES string of the molecule is COC(C)Cc1noc(CC2(N)CCC2)n1. The Kier molecular flexibility index (Phi) is 3.25. The summed E-state index contributed by atoms with van der Waals surface area (Å²) >= 11 is 0. The molecule has 1 atom stereocenters. The first kappa shape index (κ1) is 11.5. The molecule has 0 amide bonds. The second-order valence-corrected chi connectivity index (χ2v) is 4.75. The summed E-state index contributed by atoms with van der Waals surface area (Å²) in [6, 6.07) is 0. The summed E-state index contributed by atoms with van der Waals surface area (Å²) < 4.78 is 10.3. The van der Waals surface area contributed by atoms with Crippen LogP contribution in [0.3, 0.4) is 0 Å². The fourth-order valence-corrected chi connectivity index (χ4v) is 1.89. The zero-order chi connectivity index (χ0) is 11.6. The van der Waals surface area contributed by atoms with Gasteiger partial charge in [-0.2, -0.15) is 4.98 Å². The lowest BCUT2D eigenvalue weighted by molar-refractivity contribution is 0.116. The molecular formula is C11H19N3O2. The Morgan fingerprint density at radius 2 is 2.31 bits per heavy atom. The van der Waals surface area contributed by atoms with Crippen LogP contribution in [0.5, 0.6) is 0 Å². The topological polar surface area (TPSA) is 74.2 Å². The Balaban J connectivity index is 1.91. The number of methoxy groups -OCH3 is 1. The maximum absolute atomic E-state index is 6.12. The Labute approximate surface area is 95.3 Å². The lowest BCUT2D eigenvalue weighted by Crippen LogP contribution is -2.48. The van der Waals surface area contributed by atoms with Crippen LogP contribution < -0.4 is 5.73 Å². The quantitative estimate of drug-likeness (QED) is 0.811. The largest absolute Gasteiger partial charge is 0.381 e. The molecule has 0 spiro atoms. The molecule has 1 unspecified atom stereocenters. The lowest BCUT2D eigenvalue weighted by Gasteiger charge is -2.36. The Morgan fingerprint density at radius 1 is 1.56 bits per heavy atom. The minimum Gasteiger partial charge on any atom is -0.381 e. The third kappa shape index (κ3) is 2.59. The van der Waals surface area contributed by atoms with E-state index in [0.29, 0.717) is 24.6 Å². The van der Waals surface area contributed by atoms with Gasteiger partial charge in [0.15, 0.2) is 5.82 Å². The molecule has 1 aromatic heterocycles. The summed E-state index contributed by atoms with van der Waals surface area (Å²) in [6.45, 7) is 1.98. The minimum absolute atomic E-state index is 0.101. The summed E-state index contributed by atoms with van der Waals surface area (Å²) in [6.07, 6.45) is 4.80. The predicted molar refractivity (Wildman–Crippen MR) is 58.9 cm³/mol. The summed E-state index contributed by atoms with van der Waals surface area (Å²) in [5.74, 6) is 1.35. The van der Waals surface area contributed by atoms with E-state index in [1.54, 1.807) is 7.11 Å². The Morgan fingerprint density at radius 3 is 2.88 bits per heavy atom. The maximum atomic E-state index is 6.12. The highest BCUT2D eigenvalue weighted by Gasteiger charge is 2.34. The zero-order valence-corrected chi connectivity index (χ0v) is 9.90. The highest BCUT2D eigenvalue weighted by atomic mass is 16.5.